The fourth-order valence-corrected chi connectivity index (χ4v) is 5.26. The highest BCUT2D eigenvalue weighted by atomic mass is 19.4. The normalized spacial score (nSPS) is 19.1. The zero-order valence-electron chi connectivity index (χ0n) is 23.0. The van der Waals surface area contributed by atoms with Crippen molar-refractivity contribution in [1.29, 1.82) is 0 Å². The number of carbonyl (C=O) groups is 2. The molecule has 2 saturated heterocycles. The summed E-state index contributed by atoms with van der Waals surface area (Å²) in [6.45, 7) is 2.62. The molecular formula is C31H31F4N5O3. The van der Waals surface area contributed by atoms with Crippen molar-refractivity contribution in [2.24, 2.45) is 0 Å². The number of morpholine rings is 1. The lowest BCUT2D eigenvalue weighted by Gasteiger charge is -2.27. The lowest BCUT2D eigenvalue weighted by molar-refractivity contribution is -0.140. The highest BCUT2D eigenvalue weighted by Gasteiger charge is 2.38. The van der Waals surface area contributed by atoms with E-state index in [9.17, 15) is 27.2 Å². The Morgan fingerprint density at radius 1 is 1.07 bits per heavy atom. The van der Waals surface area contributed by atoms with Gasteiger partial charge < -0.3 is 26.4 Å². The molecule has 5 N–H and O–H groups in total. The number of nitrogens with zero attached hydrogens (tertiary/aromatic N) is 1. The van der Waals surface area contributed by atoms with Gasteiger partial charge in [-0.15, -0.1) is 0 Å². The molecule has 226 valence electrons. The Bertz CT molecular complexity index is 1500. The number of hydrogen-bond donors (Lipinski definition) is 4. The number of nitrogen functional groups attached to an aromatic ring is 1. The van der Waals surface area contributed by atoms with Gasteiger partial charge in [0.05, 0.1) is 29.6 Å². The zero-order chi connectivity index (χ0) is 30.6. The molecule has 5 rings (SSSR count). The second kappa shape index (κ2) is 12.9. The Hall–Kier alpha value is -4.26. The van der Waals surface area contributed by atoms with E-state index in [0.717, 1.165) is 19.0 Å². The van der Waals surface area contributed by atoms with Crippen molar-refractivity contribution in [3.05, 3.63) is 95.3 Å². The number of halogens is 4. The molecular weight excluding hydrogens is 566 g/mol. The number of benzene rings is 3. The number of alkyl halides is 3. The van der Waals surface area contributed by atoms with Gasteiger partial charge in [0.2, 0.25) is 11.8 Å². The monoisotopic (exact) mass is 597 g/mol. The third kappa shape index (κ3) is 7.58. The Morgan fingerprint density at radius 2 is 1.84 bits per heavy atom. The maximum atomic E-state index is 14.1. The average molecular weight is 598 g/mol. The van der Waals surface area contributed by atoms with E-state index in [1.54, 1.807) is 54.6 Å². The first-order chi connectivity index (χ1) is 20.6. The number of fused-ring (bicyclic) bond motifs is 2. The van der Waals surface area contributed by atoms with Gasteiger partial charge in [0.15, 0.2) is 0 Å². The third-order valence-electron chi connectivity index (χ3n) is 7.48. The van der Waals surface area contributed by atoms with Gasteiger partial charge in [-0.2, -0.15) is 13.2 Å². The number of nitrogens with one attached hydrogen (secondary N) is 3. The van der Waals surface area contributed by atoms with E-state index in [2.05, 4.69) is 20.9 Å². The number of carbonyl (C=O) groups excluding carboxylic acids is 2. The summed E-state index contributed by atoms with van der Waals surface area (Å²) in [5, 5.41) is 8.47. The zero-order valence-corrected chi connectivity index (χ0v) is 23.0. The molecule has 0 saturated carbocycles. The summed E-state index contributed by atoms with van der Waals surface area (Å²) in [5.74, 6) is -2.41. The Labute approximate surface area is 245 Å². The molecule has 43 heavy (non-hydrogen) atoms. The van der Waals surface area contributed by atoms with Crippen LogP contribution in [-0.4, -0.2) is 55.1 Å². The summed E-state index contributed by atoms with van der Waals surface area (Å²) >= 11 is 0. The molecule has 0 spiro atoms. The lowest BCUT2D eigenvalue weighted by atomic mass is 10.0. The van der Waals surface area contributed by atoms with E-state index in [1.807, 2.05) is 0 Å². The third-order valence-corrected chi connectivity index (χ3v) is 7.48. The Kier molecular flexibility index (Phi) is 9.09. The van der Waals surface area contributed by atoms with E-state index in [4.69, 9.17) is 10.5 Å². The predicted molar refractivity (Wildman–Crippen MR) is 155 cm³/mol. The van der Waals surface area contributed by atoms with Crippen LogP contribution in [-0.2, 0) is 20.5 Å². The summed E-state index contributed by atoms with van der Waals surface area (Å²) in [6, 6.07) is 15.5. The number of hydrogen-bond acceptors (Lipinski definition) is 6. The van der Waals surface area contributed by atoms with Crippen LogP contribution in [0.25, 0.3) is 6.08 Å². The number of likely N-dealkylation sites (tertiary alicyclic amines) is 1. The van der Waals surface area contributed by atoms with Gasteiger partial charge in [0.1, 0.15) is 11.9 Å². The van der Waals surface area contributed by atoms with Crippen LogP contribution in [0.5, 0.6) is 0 Å². The van der Waals surface area contributed by atoms with Crippen molar-refractivity contribution < 1.29 is 31.9 Å². The summed E-state index contributed by atoms with van der Waals surface area (Å²) in [5.41, 5.74) is 6.56. The molecule has 0 radical (unpaired) electrons. The van der Waals surface area contributed by atoms with E-state index in [0.29, 0.717) is 60.4 Å². The maximum Gasteiger partial charge on any atom is 0.419 e. The van der Waals surface area contributed by atoms with Gasteiger partial charge in [-0.3, -0.25) is 14.5 Å². The van der Waals surface area contributed by atoms with Gasteiger partial charge in [-0.25, -0.2) is 4.39 Å². The van der Waals surface area contributed by atoms with Gasteiger partial charge in [0.25, 0.3) is 0 Å². The Balaban J connectivity index is 1.27. The van der Waals surface area contributed by atoms with Gasteiger partial charge in [0, 0.05) is 37.4 Å². The fraction of sp³-hybridized carbons (Fsp3) is 0.290. The molecule has 2 aliphatic heterocycles. The first kappa shape index (κ1) is 30.2. The molecule has 12 heteroatoms. The molecule has 2 bridgehead atoms. The number of nitrogens with two attached hydrogens (primary N) is 1. The molecule has 2 heterocycles. The highest BCUT2D eigenvalue weighted by Crippen LogP contribution is 2.33. The number of amides is 2. The molecule has 0 aromatic heterocycles. The minimum Gasteiger partial charge on any atom is -0.397 e. The second-order valence-electron chi connectivity index (χ2n) is 10.5. The summed E-state index contributed by atoms with van der Waals surface area (Å²) < 4.78 is 58.7. The van der Waals surface area contributed by atoms with Crippen LogP contribution in [0, 0.1) is 5.82 Å². The van der Waals surface area contributed by atoms with E-state index in [1.165, 1.54) is 6.08 Å². The van der Waals surface area contributed by atoms with Crippen LogP contribution in [0.1, 0.15) is 29.2 Å². The van der Waals surface area contributed by atoms with Crippen molar-refractivity contribution in [2.75, 3.05) is 42.6 Å². The molecule has 1 unspecified atom stereocenters. The molecule has 8 nitrogen and oxygen atoms in total. The smallest absolute Gasteiger partial charge is 0.397 e. The van der Waals surface area contributed by atoms with E-state index >= 15 is 0 Å². The Morgan fingerprint density at radius 3 is 2.49 bits per heavy atom. The standard InChI is InChI=1S/C31H31F4N5O3/c32-25-15-21(10-11-24(25)31(33,34)35)38-30(42)29(37-13-14-40-17-23-16-22(40)18-43-23)20-8-5-19(6-9-20)7-12-28(41)39-27-4-2-1-3-26(27)36/h1-12,15,22-23,29,37H,13-14,16-18,36H2,(H,38,42)(H,39,41)/b12-7+/t22-,23-,29?/m0/s1. The SMILES string of the molecule is Nc1ccccc1NC(=O)/C=C/c1ccc(C(NCCN2C[C@@H]3C[C@H]2CO3)C(=O)Nc2ccc(C(F)(F)F)c(F)c2)cc1. The van der Waals surface area contributed by atoms with Crippen molar-refractivity contribution in [3.63, 3.8) is 0 Å². The van der Waals surface area contributed by atoms with Crippen LogP contribution in [0.3, 0.4) is 0 Å². The number of anilines is 3. The predicted octanol–water partition coefficient (Wildman–Crippen LogP) is 4.82. The maximum absolute atomic E-state index is 14.1. The largest absolute Gasteiger partial charge is 0.419 e. The topological polar surface area (TPSA) is 109 Å². The van der Waals surface area contributed by atoms with Crippen LogP contribution in [0.2, 0.25) is 0 Å². The van der Waals surface area contributed by atoms with Crippen LogP contribution >= 0.6 is 0 Å². The van der Waals surface area contributed by atoms with Crippen molar-refractivity contribution in [1.82, 2.24) is 10.2 Å². The van der Waals surface area contributed by atoms with Gasteiger partial charge in [-0.1, -0.05) is 36.4 Å². The van der Waals surface area contributed by atoms with E-state index in [-0.39, 0.29) is 17.7 Å². The van der Waals surface area contributed by atoms with E-state index < -0.39 is 29.5 Å². The van der Waals surface area contributed by atoms with Crippen molar-refractivity contribution in [3.8, 4) is 0 Å². The molecule has 0 aliphatic carbocycles. The van der Waals surface area contributed by atoms with Gasteiger partial charge >= 0.3 is 6.18 Å². The van der Waals surface area contributed by atoms with Crippen LogP contribution in [0.15, 0.2) is 72.8 Å². The highest BCUT2D eigenvalue weighted by molar-refractivity contribution is 6.03. The van der Waals surface area contributed by atoms with Crippen molar-refractivity contribution in [2.45, 2.75) is 30.8 Å². The summed E-state index contributed by atoms with van der Waals surface area (Å²) in [6.07, 6.45) is -0.670. The minimum atomic E-state index is -4.84. The lowest BCUT2D eigenvalue weighted by Crippen LogP contribution is -2.43. The molecule has 2 fully saturated rings. The average Bonchev–Trinajstić information content (AvgIpc) is 3.59. The van der Waals surface area contributed by atoms with Crippen molar-refractivity contribution >= 4 is 35.0 Å². The minimum absolute atomic E-state index is 0.0964. The molecule has 3 aromatic rings. The first-order valence-electron chi connectivity index (χ1n) is 13.8. The number of rotatable bonds is 10. The summed E-state index contributed by atoms with van der Waals surface area (Å²) in [4.78, 5) is 28.0. The quantitative estimate of drug-likeness (QED) is 0.152. The van der Waals surface area contributed by atoms with Crippen LogP contribution < -0.4 is 21.7 Å². The van der Waals surface area contributed by atoms with Crippen LogP contribution in [0.4, 0.5) is 34.6 Å². The number of ether oxygens (including phenoxy) is 1. The summed E-state index contributed by atoms with van der Waals surface area (Å²) in [7, 11) is 0. The molecule has 2 aliphatic rings. The molecule has 3 aromatic carbocycles. The molecule has 2 amide bonds. The second-order valence-corrected chi connectivity index (χ2v) is 10.5. The fourth-order valence-electron chi connectivity index (χ4n) is 5.26. The number of para-hydroxylation sites is 2. The van der Waals surface area contributed by atoms with Gasteiger partial charge in [-0.05, 0) is 54.0 Å². The first-order valence-corrected chi connectivity index (χ1v) is 13.8. The molecule has 3 atom stereocenters.